The molecule has 4 aromatic heterocycles. The molecule has 5 nitrogen and oxygen atoms in total. The summed E-state index contributed by atoms with van der Waals surface area (Å²) in [5.74, 6) is 0. The van der Waals surface area contributed by atoms with Gasteiger partial charge in [-0.1, -0.05) is 6.07 Å². The molecule has 1 N–H and O–H groups in total. The minimum absolute atomic E-state index is 0.251. The van der Waals surface area contributed by atoms with Gasteiger partial charge in [0.1, 0.15) is 10.9 Å². The molecule has 26 heavy (non-hydrogen) atoms. The highest BCUT2D eigenvalue weighted by atomic mass is 32.1. The summed E-state index contributed by atoms with van der Waals surface area (Å²) in [7, 11) is 0. The Balaban J connectivity index is 2.02. The van der Waals surface area contributed by atoms with Gasteiger partial charge in [-0.3, -0.25) is 14.8 Å². The van der Waals surface area contributed by atoms with Gasteiger partial charge < -0.3 is 4.98 Å². The quantitative estimate of drug-likeness (QED) is 0.599. The molecule has 0 bridgehead atoms. The highest BCUT2D eigenvalue weighted by Crippen LogP contribution is 2.32. The van der Waals surface area contributed by atoms with Gasteiger partial charge in [0.25, 0.3) is 5.56 Å². The Bertz CT molecular complexity index is 1160. The lowest BCUT2D eigenvalue weighted by Crippen LogP contribution is -2.11. The fraction of sp³-hybridized carbons (Fsp3) is 0. The predicted molar refractivity (Wildman–Crippen MR) is 102 cm³/mol. The third-order valence-electron chi connectivity index (χ3n) is 3.99. The van der Waals surface area contributed by atoms with Crippen molar-refractivity contribution in [1.29, 1.82) is 5.26 Å². The summed E-state index contributed by atoms with van der Waals surface area (Å²) in [5, 5.41) is 11.1. The fourth-order valence-electron chi connectivity index (χ4n) is 2.80. The lowest BCUT2D eigenvalue weighted by atomic mass is 9.99. The number of pyridine rings is 3. The molecular formula is C20H12N4OS. The molecule has 4 heterocycles. The second-order valence-corrected chi connectivity index (χ2v) is 6.45. The van der Waals surface area contributed by atoms with E-state index in [2.05, 4.69) is 21.0 Å². The van der Waals surface area contributed by atoms with Crippen molar-refractivity contribution < 1.29 is 0 Å². The number of nitriles is 1. The van der Waals surface area contributed by atoms with Gasteiger partial charge in [-0.15, -0.1) is 11.3 Å². The summed E-state index contributed by atoms with van der Waals surface area (Å²) in [4.78, 5) is 24.8. The molecule has 0 amide bonds. The number of rotatable bonds is 3. The van der Waals surface area contributed by atoms with Crippen molar-refractivity contribution in [2.24, 2.45) is 0 Å². The average Bonchev–Trinajstić information content (AvgIpc) is 3.17. The van der Waals surface area contributed by atoms with Crippen LogP contribution < -0.4 is 5.56 Å². The summed E-state index contributed by atoms with van der Waals surface area (Å²) in [6, 6.07) is 15.1. The Morgan fingerprint density at radius 2 is 1.96 bits per heavy atom. The number of aromatic nitrogens is 3. The summed E-state index contributed by atoms with van der Waals surface area (Å²) >= 11 is 1.32. The van der Waals surface area contributed by atoms with E-state index in [1.807, 2.05) is 35.7 Å². The minimum atomic E-state index is -0.251. The molecule has 0 saturated heterocycles. The van der Waals surface area contributed by atoms with Gasteiger partial charge in [-0.05, 0) is 41.8 Å². The zero-order chi connectivity index (χ0) is 17.9. The number of H-pyrrole nitrogens is 1. The molecule has 6 heteroatoms. The third kappa shape index (κ3) is 2.81. The SMILES string of the molecule is N#Cc1sccc1-c1cc(-c2ccccn2)c(-c2cccnc2)[nH]c1=O. The normalized spacial score (nSPS) is 10.4. The molecule has 0 spiro atoms. The van der Waals surface area contributed by atoms with E-state index in [0.717, 1.165) is 16.8 Å². The molecule has 4 rings (SSSR count). The first-order chi connectivity index (χ1) is 12.8. The summed E-state index contributed by atoms with van der Waals surface area (Å²) in [6.07, 6.45) is 5.09. The van der Waals surface area contributed by atoms with Crippen LogP contribution in [-0.2, 0) is 0 Å². The van der Waals surface area contributed by atoms with Crippen LogP contribution in [0.2, 0.25) is 0 Å². The summed E-state index contributed by atoms with van der Waals surface area (Å²) in [5.41, 5.74) is 3.80. The molecule has 0 aliphatic heterocycles. The molecule has 0 saturated carbocycles. The molecule has 0 aliphatic carbocycles. The van der Waals surface area contributed by atoms with E-state index < -0.39 is 0 Å². The Kier molecular flexibility index (Phi) is 4.14. The topological polar surface area (TPSA) is 82.4 Å². The van der Waals surface area contributed by atoms with Gasteiger partial charge in [-0.25, -0.2) is 0 Å². The van der Waals surface area contributed by atoms with Crippen molar-refractivity contribution in [1.82, 2.24) is 15.0 Å². The van der Waals surface area contributed by atoms with Crippen molar-refractivity contribution in [3.63, 3.8) is 0 Å². The minimum Gasteiger partial charge on any atom is -0.321 e. The van der Waals surface area contributed by atoms with Crippen molar-refractivity contribution in [2.45, 2.75) is 0 Å². The van der Waals surface area contributed by atoms with E-state index in [-0.39, 0.29) is 5.56 Å². The number of aromatic amines is 1. The van der Waals surface area contributed by atoms with E-state index in [1.165, 1.54) is 11.3 Å². The highest BCUT2D eigenvalue weighted by Gasteiger charge is 2.17. The van der Waals surface area contributed by atoms with Crippen molar-refractivity contribution >= 4 is 11.3 Å². The first-order valence-corrected chi connectivity index (χ1v) is 8.73. The maximum Gasteiger partial charge on any atom is 0.256 e. The molecular weight excluding hydrogens is 344 g/mol. The number of thiophene rings is 1. The maximum absolute atomic E-state index is 12.8. The summed E-state index contributed by atoms with van der Waals surface area (Å²) in [6.45, 7) is 0. The van der Waals surface area contributed by atoms with Crippen LogP contribution in [0.1, 0.15) is 4.88 Å². The average molecular weight is 356 g/mol. The molecule has 124 valence electrons. The summed E-state index contributed by atoms with van der Waals surface area (Å²) < 4.78 is 0. The number of nitrogens with one attached hydrogen (secondary N) is 1. The van der Waals surface area contributed by atoms with Crippen molar-refractivity contribution in [2.75, 3.05) is 0 Å². The van der Waals surface area contributed by atoms with E-state index in [9.17, 15) is 10.1 Å². The Labute approximate surface area is 153 Å². The monoisotopic (exact) mass is 356 g/mol. The van der Waals surface area contributed by atoms with Crippen LogP contribution in [-0.4, -0.2) is 15.0 Å². The molecule has 0 fully saturated rings. The lowest BCUT2D eigenvalue weighted by Gasteiger charge is -2.11. The number of hydrogen-bond acceptors (Lipinski definition) is 5. The molecule has 0 radical (unpaired) electrons. The Hall–Kier alpha value is -3.56. The van der Waals surface area contributed by atoms with Crippen LogP contribution in [0.25, 0.3) is 33.6 Å². The van der Waals surface area contributed by atoms with Gasteiger partial charge in [-0.2, -0.15) is 5.26 Å². The highest BCUT2D eigenvalue weighted by molar-refractivity contribution is 7.11. The molecule has 0 atom stereocenters. The van der Waals surface area contributed by atoms with Crippen molar-refractivity contribution in [3.05, 3.63) is 81.7 Å². The first-order valence-electron chi connectivity index (χ1n) is 7.85. The second kappa shape index (κ2) is 6.75. The van der Waals surface area contributed by atoms with Gasteiger partial charge in [0.15, 0.2) is 0 Å². The lowest BCUT2D eigenvalue weighted by molar-refractivity contribution is 1.21. The molecule has 0 aromatic carbocycles. The largest absolute Gasteiger partial charge is 0.321 e. The predicted octanol–water partition coefficient (Wildman–Crippen LogP) is 4.10. The van der Waals surface area contributed by atoms with Gasteiger partial charge in [0.2, 0.25) is 0 Å². The molecule has 0 aliphatic rings. The van der Waals surface area contributed by atoms with Gasteiger partial charge in [0, 0.05) is 40.8 Å². The second-order valence-electron chi connectivity index (χ2n) is 5.53. The van der Waals surface area contributed by atoms with Crippen LogP contribution in [0, 0.1) is 11.3 Å². The standard InChI is InChI=1S/C20H12N4OS/c21-11-18-14(6-9-26-18)15-10-16(17-5-1-2-8-23-17)19(24-20(15)25)13-4-3-7-22-12-13/h1-10,12H,(H,24,25). The number of nitrogens with zero attached hydrogens (tertiary/aromatic N) is 3. The van der Waals surface area contributed by atoms with Gasteiger partial charge in [0.05, 0.1) is 11.4 Å². The first kappa shape index (κ1) is 15.9. The van der Waals surface area contributed by atoms with E-state index >= 15 is 0 Å². The van der Waals surface area contributed by atoms with Crippen LogP contribution in [0.3, 0.4) is 0 Å². The maximum atomic E-state index is 12.8. The zero-order valence-corrected chi connectivity index (χ0v) is 14.3. The fourth-order valence-corrected chi connectivity index (χ4v) is 3.50. The van der Waals surface area contributed by atoms with Crippen molar-refractivity contribution in [3.8, 4) is 39.7 Å². The molecule has 0 unspecified atom stereocenters. The van der Waals surface area contributed by atoms with Crippen LogP contribution in [0.4, 0.5) is 0 Å². The van der Waals surface area contributed by atoms with Gasteiger partial charge >= 0.3 is 0 Å². The smallest absolute Gasteiger partial charge is 0.256 e. The molecule has 4 aromatic rings. The van der Waals surface area contributed by atoms with E-state index in [1.54, 1.807) is 30.7 Å². The number of hydrogen-bond donors (Lipinski definition) is 1. The van der Waals surface area contributed by atoms with Crippen LogP contribution in [0.15, 0.2) is 71.2 Å². The van der Waals surface area contributed by atoms with Crippen LogP contribution >= 0.6 is 11.3 Å². The van der Waals surface area contributed by atoms with Crippen LogP contribution in [0.5, 0.6) is 0 Å². The Morgan fingerprint density at radius 3 is 2.69 bits per heavy atom. The third-order valence-corrected chi connectivity index (χ3v) is 4.81. The van der Waals surface area contributed by atoms with E-state index in [4.69, 9.17) is 0 Å². The Morgan fingerprint density at radius 1 is 1.04 bits per heavy atom. The van der Waals surface area contributed by atoms with E-state index in [0.29, 0.717) is 21.7 Å². The zero-order valence-electron chi connectivity index (χ0n) is 13.5.